The topological polar surface area (TPSA) is 63.1 Å². The van der Waals surface area contributed by atoms with Crippen LogP contribution in [0.1, 0.15) is 10.4 Å². The molecule has 2 heterocycles. The number of carbonyl (C=O) groups excluding carboxylic acids is 1. The van der Waals surface area contributed by atoms with Crippen LogP contribution in [0.15, 0.2) is 61.1 Å². The second-order valence-electron chi connectivity index (χ2n) is 5.86. The lowest BCUT2D eigenvalue weighted by molar-refractivity contribution is 0.0952. The van der Waals surface area contributed by atoms with E-state index in [1.54, 1.807) is 12.4 Å². The van der Waals surface area contributed by atoms with Crippen molar-refractivity contribution in [1.29, 1.82) is 0 Å². The SMILES string of the molecule is CN(C)c1ccc(C(=O)NCCn2ccnc2-c2ccccn2)cc1. The summed E-state index contributed by atoms with van der Waals surface area (Å²) in [5.74, 6) is 0.718. The number of benzene rings is 1. The van der Waals surface area contributed by atoms with Crippen LogP contribution < -0.4 is 10.2 Å². The van der Waals surface area contributed by atoms with Crippen molar-refractivity contribution >= 4 is 11.6 Å². The Bertz CT molecular complexity index is 825. The van der Waals surface area contributed by atoms with Crippen LogP contribution in [0.2, 0.25) is 0 Å². The molecule has 0 aliphatic heterocycles. The third-order valence-electron chi connectivity index (χ3n) is 3.89. The lowest BCUT2D eigenvalue weighted by Gasteiger charge is -2.13. The zero-order valence-corrected chi connectivity index (χ0v) is 14.4. The minimum Gasteiger partial charge on any atom is -0.378 e. The summed E-state index contributed by atoms with van der Waals surface area (Å²) in [6, 6.07) is 13.3. The Morgan fingerprint density at radius 1 is 1.08 bits per heavy atom. The molecule has 0 spiro atoms. The number of imidazole rings is 1. The van der Waals surface area contributed by atoms with Crippen LogP contribution in [-0.2, 0) is 6.54 Å². The van der Waals surface area contributed by atoms with Gasteiger partial charge in [-0.2, -0.15) is 0 Å². The van der Waals surface area contributed by atoms with Gasteiger partial charge < -0.3 is 14.8 Å². The van der Waals surface area contributed by atoms with Crippen LogP contribution in [-0.4, -0.2) is 41.1 Å². The summed E-state index contributed by atoms with van der Waals surface area (Å²) < 4.78 is 1.98. The van der Waals surface area contributed by atoms with E-state index >= 15 is 0 Å². The zero-order valence-electron chi connectivity index (χ0n) is 14.4. The maximum Gasteiger partial charge on any atom is 0.251 e. The highest BCUT2D eigenvalue weighted by Gasteiger charge is 2.08. The van der Waals surface area contributed by atoms with Crippen molar-refractivity contribution in [2.45, 2.75) is 6.54 Å². The van der Waals surface area contributed by atoms with Crippen LogP contribution in [0.4, 0.5) is 5.69 Å². The highest BCUT2D eigenvalue weighted by molar-refractivity contribution is 5.94. The maximum absolute atomic E-state index is 12.2. The van der Waals surface area contributed by atoms with E-state index in [0.29, 0.717) is 18.7 Å². The molecule has 0 atom stereocenters. The molecule has 25 heavy (non-hydrogen) atoms. The number of pyridine rings is 1. The van der Waals surface area contributed by atoms with Crippen molar-refractivity contribution in [3.63, 3.8) is 0 Å². The first kappa shape index (κ1) is 16.7. The van der Waals surface area contributed by atoms with Gasteiger partial charge in [-0.1, -0.05) is 6.07 Å². The number of rotatable bonds is 6. The second kappa shape index (κ2) is 7.61. The fourth-order valence-electron chi connectivity index (χ4n) is 2.52. The molecule has 6 nitrogen and oxygen atoms in total. The monoisotopic (exact) mass is 335 g/mol. The van der Waals surface area contributed by atoms with Gasteiger partial charge in [-0.3, -0.25) is 9.78 Å². The number of hydrogen-bond donors (Lipinski definition) is 1. The quantitative estimate of drug-likeness (QED) is 0.751. The lowest BCUT2D eigenvalue weighted by Crippen LogP contribution is -2.27. The van der Waals surface area contributed by atoms with Gasteiger partial charge in [-0.05, 0) is 36.4 Å². The molecular formula is C19H21N5O. The Labute approximate surface area is 147 Å². The molecule has 2 aromatic heterocycles. The number of anilines is 1. The zero-order chi connectivity index (χ0) is 17.6. The minimum atomic E-state index is -0.0789. The van der Waals surface area contributed by atoms with E-state index in [1.807, 2.05) is 72.2 Å². The number of carbonyl (C=O) groups is 1. The van der Waals surface area contributed by atoms with Gasteiger partial charge in [0.05, 0.1) is 0 Å². The van der Waals surface area contributed by atoms with E-state index in [-0.39, 0.29) is 5.91 Å². The summed E-state index contributed by atoms with van der Waals surface area (Å²) in [6.45, 7) is 1.15. The maximum atomic E-state index is 12.2. The van der Waals surface area contributed by atoms with Crippen LogP contribution in [0.3, 0.4) is 0 Å². The number of hydrogen-bond acceptors (Lipinski definition) is 4. The molecule has 0 aliphatic rings. The first-order chi connectivity index (χ1) is 12.1. The van der Waals surface area contributed by atoms with Crippen LogP contribution in [0.5, 0.6) is 0 Å². The molecule has 0 unspecified atom stereocenters. The third-order valence-corrected chi connectivity index (χ3v) is 3.89. The molecule has 1 amide bonds. The summed E-state index contributed by atoms with van der Waals surface area (Å²) in [4.78, 5) is 22.9. The van der Waals surface area contributed by atoms with E-state index in [1.165, 1.54) is 0 Å². The van der Waals surface area contributed by atoms with Gasteiger partial charge >= 0.3 is 0 Å². The molecule has 1 aromatic carbocycles. The fourth-order valence-corrected chi connectivity index (χ4v) is 2.52. The van der Waals surface area contributed by atoms with Crippen molar-refractivity contribution in [3.05, 3.63) is 66.6 Å². The number of amides is 1. The van der Waals surface area contributed by atoms with Crippen molar-refractivity contribution in [2.24, 2.45) is 0 Å². The average Bonchev–Trinajstić information content (AvgIpc) is 3.11. The smallest absolute Gasteiger partial charge is 0.251 e. The van der Waals surface area contributed by atoms with Crippen LogP contribution in [0.25, 0.3) is 11.5 Å². The summed E-state index contributed by atoms with van der Waals surface area (Å²) >= 11 is 0. The normalized spacial score (nSPS) is 10.5. The van der Waals surface area contributed by atoms with Gasteiger partial charge in [-0.25, -0.2) is 4.98 Å². The van der Waals surface area contributed by atoms with Gasteiger partial charge in [0.1, 0.15) is 5.69 Å². The lowest BCUT2D eigenvalue weighted by atomic mass is 10.2. The molecular weight excluding hydrogens is 314 g/mol. The summed E-state index contributed by atoms with van der Waals surface area (Å²) in [6.07, 6.45) is 5.38. The predicted molar refractivity (Wildman–Crippen MR) is 98.6 cm³/mol. The van der Waals surface area contributed by atoms with E-state index in [0.717, 1.165) is 17.2 Å². The van der Waals surface area contributed by atoms with Gasteiger partial charge in [0, 0.05) is 57.0 Å². The van der Waals surface area contributed by atoms with Crippen molar-refractivity contribution in [3.8, 4) is 11.5 Å². The second-order valence-corrected chi connectivity index (χ2v) is 5.86. The Kier molecular flexibility index (Phi) is 5.09. The third kappa shape index (κ3) is 4.03. The molecule has 1 N–H and O–H groups in total. The van der Waals surface area contributed by atoms with Crippen molar-refractivity contribution < 1.29 is 4.79 Å². The van der Waals surface area contributed by atoms with Gasteiger partial charge in [-0.15, -0.1) is 0 Å². The highest BCUT2D eigenvalue weighted by Crippen LogP contribution is 2.14. The molecule has 0 saturated heterocycles. The summed E-state index contributed by atoms with van der Waals surface area (Å²) in [7, 11) is 3.94. The van der Waals surface area contributed by atoms with Gasteiger partial charge in [0.2, 0.25) is 0 Å². The van der Waals surface area contributed by atoms with Crippen LogP contribution in [0, 0.1) is 0 Å². The molecule has 0 aliphatic carbocycles. The first-order valence-electron chi connectivity index (χ1n) is 8.13. The first-order valence-corrected chi connectivity index (χ1v) is 8.13. The number of aromatic nitrogens is 3. The Balaban J connectivity index is 1.58. The van der Waals surface area contributed by atoms with Gasteiger partial charge in [0.25, 0.3) is 5.91 Å². The molecule has 128 valence electrons. The number of nitrogens with one attached hydrogen (secondary N) is 1. The summed E-state index contributed by atoms with van der Waals surface area (Å²) in [5.41, 5.74) is 2.54. The van der Waals surface area contributed by atoms with Gasteiger partial charge in [0.15, 0.2) is 5.82 Å². The molecule has 0 radical (unpaired) electrons. The fraction of sp³-hybridized carbons (Fsp3) is 0.211. The Morgan fingerprint density at radius 2 is 1.88 bits per heavy atom. The number of nitrogens with zero attached hydrogens (tertiary/aromatic N) is 4. The molecule has 6 heteroatoms. The standard InChI is InChI=1S/C19H21N5O/c1-23(2)16-8-6-15(7-9-16)19(25)22-12-14-24-13-11-21-18(24)17-5-3-4-10-20-17/h3-11,13H,12,14H2,1-2H3,(H,22,25). The van der Waals surface area contributed by atoms with E-state index < -0.39 is 0 Å². The van der Waals surface area contributed by atoms with Crippen molar-refractivity contribution in [1.82, 2.24) is 19.9 Å². The van der Waals surface area contributed by atoms with E-state index in [2.05, 4.69) is 15.3 Å². The molecule has 0 fully saturated rings. The Hall–Kier alpha value is -3.15. The van der Waals surface area contributed by atoms with Crippen molar-refractivity contribution in [2.75, 3.05) is 25.5 Å². The van der Waals surface area contributed by atoms with E-state index in [4.69, 9.17) is 0 Å². The molecule has 3 aromatic rings. The molecule has 3 rings (SSSR count). The molecule has 0 saturated carbocycles. The average molecular weight is 335 g/mol. The predicted octanol–water partition coefficient (Wildman–Crippen LogP) is 2.44. The summed E-state index contributed by atoms with van der Waals surface area (Å²) in [5, 5.41) is 2.94. The minimum absolute atomic E-state index is 0.0789. The molecule has 0 bridgehead atoms. The highest BCUT2D eigenvalue weighted by atomic mass is 16.1. The Morgan fingerprint density at radius 3 is 2.56 bits per heavy atom. The van der Waals surface area contributed by atoms with Crippen LogP contribution >= 0.6 is 0 Å². The largest absolute Gasteiger partial charge is 0.378 e. The van der Waals surface area contributed by atoms with E-state index in [9.17, 15) is 4.79 Å².